The smallest absolute Gasteiger partial charge is 0.239 e. The van der Waals surface area contributed by atoms with E-state index in [1.165, 1.54) is 16.0 Å². The fraction of sp³-hybridized carbons (Fsp3) is 0.300. The average Bonchev–Trinajstić information content (AvgIpc) is 3.16. The molecule has 25 heavy (non-hydrogen) atoms. The molecule has 4 nitrogen and oxygen atoms in total. The van der Waals surface area contributed by atoms with E-state index in [-0.39, 0.29) is 5.91 Å². The van der Waals surface area contributed by atoms with Crippen LogP contribution in [0.2, 0.25) is 0 Å². The number of hydrogen-bond donors (Lipinski definition) is 1. The molecule has 3 aromatic rings. The highest BCUT2D eigenvalue weighted by molar-refractivity contribution is 7.18. The van der Waals surface area contributed by atoms with Gasteiger partial charge in [-0.15, -0.1) is 11.3 Å². The van der Waals surface area contributed by atoms with Gasteiger partial charge in [-0.2, -0.15) is 0 Å². The predicted octanol–water partition coefficient (Wildman–Crippen LogP) is 3.41. The molecule has 1 unspecified atom stereocenters. The van der Waals surface area contributed by atoms with E-state index in [0.717, 1.165) is 23.4 Å². The molecule has 1 N–H and O–H groups in total. The van der Waals surface area contributed by atoms with E-state index in [2.05, 4.69) is 46.4 Å². The molecule has 0 aliphatic carbocycles. The van der Waals surface area contributed by atoms with Gasteiger partial charge in [-0.3, -0.25) is 4.79 Å². The van der Waals surface area contributed by atoms with Crippen LogP contribution in [0.5, 0.6) is 0 Å². The molecule has 0 spiro atoms. The first-order valence-corrected chi connectivity index (χ1v) is 9.48. The van der Waals surface area contributed by atoms with Crippen molar-refractivity contribution in [3.8, 4) is 0 Å². The third kappa shape index (κ3) is 3.37. The molecule has 2 heterocycles. The van der Waals surface area contributed by atoms with Crippen molar-refractivity contribution in [2.75, 3.05) is 18.0 Å². The van der Waals surface area contributed by atoms with Crippen molar-refractivity contribution in [2.45, 2.75) is 25.8 Å². The fourth-order valence-electron chi connectivity index (χ4n) is 3.42. The maximum atomic E-state index is 12.3. The molecule has 0 radical (unpaired) electrons. The third-order valence-corrected chi connectivity index (χ3v) is 5.76. The molecule has 5 heteroatoms. The zero-order valence-corrected chi connectivity index (χ0v) is 15.1. The number of hydrogen-bond acceptors (Lipinski definition) is 4. The lowest BCUT2D eigenvalue weighted by molar-refractivity contribution is -0.119. The van der Waals surface area contributed by atoms with Crippen LogP contribution in [0.3, 0.4) is 0 Å². The molecule has 128 valence electrons. The zero-order chi connectivity index (χ0) is 17.2. The lowest BCUT2D eigenvalue weighted by atomic mass is 10.1. The molecule has 2 aromatic carbocycles. The van der Waals surface area contributed by atoms with E-state index < -0.39 is 0 Å². The maximum Gasteiger partial charge on any atom is 0.239 e. The van der Waals surface area contributed by atoms with E-state index in [1.807, 2.05) is 24.3 Å². The predicted molar refractivity (Wildman–Crippen MR) is 103 cm³/mol. The van der Waals surface area contributed by atoms with E-state index >= 15 is 0 Å². The molecule has 0 bridgehead atoms. The Kier molecular flexibility index (Phi) is 4.40. The summed E-state index contributed by atoms with van der Waals surface area (Å²) in [7, 11) is 0. The molecule has 1 atom stereocenters. The van der Waals surface area contributed by atoms with Gasteiger partial charge in [-0.1, -0.05) is 30.3 Å². The van der Waals surface area contributed by atoms with Gasteiger partial charge in [0.15, 0.2) is 0 Å². The number of nitrogens with zero attached hydrogens (tertiary/aromatic N) is 2. The Morgan fingerprint density at radius 2 is 2.04 bits per heavy atom. The fourth-order valence-corrected chi connectivity index (χ4v) is 4.38. The molecule has 1 amide bonds. The van der Waals surface area contributed by atoms with Crippen LogP contribution in [0.1, 0.15) is 17.5 Å². The monoisotopic (exact) mass is 351 g/mol. The highest BCUT2D eigenvalue weighted by atomic mass is 32.1. The van der Waals surface area contributed by atoms with Crippen molar-refractivity contribution < 1.29 is 4.79 Å². The summed E-state index contributed by atoms with van der Waals surface area (Å²) >= 11 is 1.70. The van der Waals surface area contributed by atoms with E-state index in [4.69, 9.17) is 0 Å². The normalized spacial score (nSPS) is 16.2. The Hall–Kier alpha value is -2.40. The third-order valence-electron chi connectivity index (χ3n) is 4.66. The molecule has 1 aromatic heterocycles. The van der Waals surface area contributed by atoms with E-state index in [9.17, 15) is 4.79 Å². The lowest BCUT2D eigenvalue weighted by Gasteiger charge is -2.24. The minimum Gasteiger partial charge on any atom is -0.359 e. The first-order valence-electron chi connectivity index (χ1n) is 8.66. The number of anilines is 1. The van der Waals surface area contributed by atoms with Gasteiger partial charge in [0, 0.05) is 24.7 Å². The summed E-state index contributed by atoms with van der Waals surface area (Å²) in [4.78, 5) is 19.2. The zero-order valence-electron chi connectivity index (χ0n) is 14.2. The lowest BCUT2D eigenvalue weighted by Crippen LogP contribution is -2.40. The average molecular weight is 351 g/mol. The van der Waals surface area contributed by atoms with Gasteiger partial charge in [-0.25, -0.2) is 4.98 Å². The Bertz CT molecular complexity index is 872. The Morgan fingerprint density at radius 1 is 1.24 bits per heavy atom. The summed E-state index contributed by atoms with van der Waals surface area (Å²) in [5, 5.41) is 4.11. The maximum absolute atomic E-state index is 12.3. The second kappa shape index (κ2) is 6.84. The van der Waals surface area contributed by atoms with Crippen LogP contribution in [-0.2, 0) is 17.6 Å². The summed E-state index contributed by atoms with van der Waals surface area (Å²) in [6, 6.07) is 16.9. The number of aromatic nitrogens is 1. The van der Waals surface area contributed by atoms with Gasteiger partial charge in [-0.05, 0) is 37.1 Å². The van der Waals surface area contributed by atoms with Crippen molar-refractivity contribution in [1.82, 2.24) is 10.3 Å². The number of nitrogens with one attached hydrogen (secondary N) is 1. The molecular weight excluding hydrogens is 330 g/mol. The minimum absolute atomic E-state index is 0.0738. The van der Waals surface area contributed by atoms with Crippen molar-refractivity contribution in [2.24, 2.45) is 0 Å². The van der Waals surface area contributed by atoms with Gasteiger partial charge in [0.25, 0.3) is 0 Å². The topological polar surface area (TPSA) is 45.2 Å². The number of amides is 1. The number of thiazole rings is 1. The Labute approximate surface area is 151 Å². The molecule has 0 fully saturated rings. The van der Waals surface area contributed by atoms with Crippen molar-refractivity contribution in [1.29, 1.82) is 0 Å². The summed E-state index contributed by atoms with van der Waals surface area (Å²) in [5.41, 5.74) is 3.56. The molecule has 0 saturated heterocycles. The SMILES string of the molecule is CC1Cc2ccccc2N1CC(=O)NCCc1nc2ccccc2s1. The summed E-state index contributed by atoms with van der Waals surface area (Å²) in [6.07, 6.45) is 1.78. The highest BCUT2D eigenvalue weighted by Crippen LogP contribution is 2.31. The van der Waals surface area contributed by atoms with Crippen molar-refractivity contribution in [3.63, 3.8) is 0 Å². The summed E-state index contributed by atoms with van der Waals surface area (Å²) in [6.45, 7) is 3.22. The number of rotatable bonds is 5. The standard InChI is InChI=1S/C20H21N3OS/c1-14-12-15-6-2-4-8-17(15)23(14)13-19(24)21-11-10-20-22-16-7-3-5-9-18(16)25-20/h2-9,14H,10-13H2,1H3,(H,21,24). The first kappa shape index (κ1) is 16.1. The van der Waals surface area contributed by atoms with Gasteiger partial charge < -0.3 is 10.2 Å². The Balaban J connectivity index is 1.32. The Morgan fingerprint density at radius 3 is 2.92 bits per heavy atom. The van der Waals surface area contributed by atoms with Crippen molar-refractivity contribution >= 4 is 33.1 Å². The summed E-state index contributed by atoms with van der Waals surface area (Å²) < 4.78 is 1.20. The number of carbonyl (C=O) groups excluding carboxylic acids is 1. The molecule has 4 rings (SSSR count). The van der Waals surface area contributed by atoms with Crippen LogP contribution in [0.25, 0.3) is 10.2 Å². The van der Waals surface area contributed by atoms with Crippen LogP contribution in [0.15, 0.2) is 48.5 Å². The molecule has 1 aliphatic heterocycles. The minimum atomic E-state index is 0.0738. The van der Waals surface area contributed by atoms with Gasteiger partial charge >= 0.3 is 0 Å². The number of para-hydroxylation sites is 2. The number of benzene rings is 2. The van der Waals surface area contributed by atoms with Crippen LogP contribution in [-0.4, -0.2) is 30.0 Å². The first-order chi connectivity index (χ1) is 12.2. The highest BCUT2D eigenvalue weighted by Gasteiger charge is 2.26. The van der Waals surface area contributed by atoms with Crippen LogP contribution in [0.4, 0.5) is 5.69 Å². The van der Waals surface area contributed by atoms with Gasteiger partial charge in [0.1, 0.15) is 0 Å². The van der Waals surface area contributed by atoms with E-state index in [0.29, 0.717) is 19.1 Å². The molecular formula is C20H21N3OS. The van der Waals surface area contributed by atoms with Crippen LogP contribution >= 0.6 is 11.3 Å². The quantitative estimate of drug-likeness (QED) is 0.766. The second-order valence-corrected chi connectivity index (χ2v) is 7.60. The van der Waals surface area contributed by atoms with Crippen molar-refractivity contribution in [3.05, 3.63) is 59.1 Å². The van der Waals surface area contributed by atoms with Gasteiger partial charge in [0.2, 0.25) is 5.91 Å². The van der Waals surface area contributed by atoms with Crippen LogP contribution in [0, 0.1) is 0 Å². The molecule has 0 saturated carbocycles. The molecule has 1 aliphatic rings. The summed E-state index contributed by atoms with van der Waals surface area (Å²) in [5.74, 6) is 0.0738. The number of carbonyl (C=O) groups is 1. The van der Waals surface area contributed by atoms with Gasteiger partial charge in [0.05, 0.1) is 21.8 Å². The largest absolute Gasteiger partial charge is 0.359 e. The second-order valence-electron chi connectivity index (χ2n) is 6.49. The van der Waals surface area contributed by atoms with E-state index in [1.54, 1.807) is 11.3 Å². The van der Waals surface area contributed by atoms with Crippen LogP contribution < -0.4 is 10.2 Å². The number of fused-ring (bicyclic) bond motifs is 2.